The van der Waals surface area contributed by atoms with E-state index in [2.05, 4.69) is 64.0 Å². The largest absolute Gasteiger partial charge is 0.356 e. The summed E-state index contributed by atoms with van der Waals surface area (Å²) in [6, 6.07) is 6.26. The average Bonchev–Trinajstić information content (AvgIpc) is 3.28. The number of hydrogen-bond donors (Lipinski definition) is 0. The molecule has 0 radical (unpaired) electrons. The lowest BCUT2D eigenvalue weighted by Crippen LogP contribution is -2.30. The van der Waals surface area contributed by atoms with Gasteiger partial charge in [0.25, 0.3) is 5.78 Å². The summed E-state index contributed by atoms with van der Waals surface area (Å²) >= 11 is 3.45. The third-order valence-corrected chi connectivity index (χ3v) is 5.68. The highest BCUT2D eigenvalue weighted by Gasteiger charge is 2.41. The van der Waals surface area contributed by atoms with Crippen LogP contribution in [0.15, 0.2) is 35.2 Å². The molecule has 2 aliphatic rings. The van der Waals surface area contributed by atoms with E-state index < -0.39 is 0 Å². The fraction of sp³-hybridized carbons (Fsp3) is 0.412. The summed E-state index contributed by atoms with van der Waals surface area (Å²) in [5.41, 5.74) is 0.980. The van der Waals surface area contributed by atoms with Gasteiger partial charge in [-0.1, -0.05) is 0 Å². The van der Waals surface area contributed by atoms with Crippen LogP contribution in [0.5, 0.6) is 0 Å². The van der Waals surface area contributed by atoms with Crippen molar-refractivity contribution in [3.63, 3.8) is 0 Å². The quantitative estimate of drug-likeness (QED) is 0.657. The second-order valence-electron chi connectivity index (χ2n) is 6.89. The zero-order valence-corrected chi connectivity index (χ0v) is 15.5. The van der Waals surface area contributed by atoms with E-state index in [1.807, 2.05) is 17.6 Å². The van der Waals surface area contributed by atoms with Gasteiger partial charge in [-0.25, -0.2) is 9.97 Å². The Bertz CT molecular complexity index is 908. The SMILES string of the molecule is Cc1cc(N2CC3CN(c4ccc(Br)cn4)CC3C2)n2ncnc2n1. The van der Waals surface area contributed by atoms with Gasteiger partial charge in [0.1, 0.15) is 18.0 Å². The highest BCUT2D eigenvalue weighted by Crippen LogP contribution is 2.35. The molecule has 25 heavy (non-hydrogen) atoms. The zero-order valence-electron chi connectivity index (χ0n) is 13.9. The highest BCUT2D eigenvalue weighted by atomic mass is 79.9. The minimum atomic E-state index is 0.650. The van der Waals surface area contributed by atoms with Crippen LogP contribution in [0.2, 0.25) is 0 Å². The molecule has 0 spiro atoms. The molecule has 0 saturated carbocycles. The lowest BCUT2D eigenvalue weighted by molar-refractivity contribution is 0.533. The molecule has 2 aliphatic heterocycles. The number of hydrogen-bond acceptors (Lipinski definition) is 6. The first kappa shape index (κ1) is 15.1. The molecule has 7 nitrogen and oxygen atoms in total. The van der Waals surface area contributed by atoms with E-state index in [1.54, 1.807) is 6.33 Å². The summed E-state index contributed by atoms with van der Waals surface area (Å²) in [5, 5.41) is 4.35. The minimum Gasteiger partial charge on any atom is -0.356 e. The van der Waals surface area contributed by atoms with Crippen molar-refractivity contribution in [1.29, 1.82) is 0 Å². The second-order valence-corrected chi connectivity index (χ2v) is 7.81. The first-order valence-electron chi connectivity index (χ1n) is 8.46. The van der Waals surface area contributed by atoms with Gasteiger partial charge < -0.3 is 9.80 Å². The van der Waals surface area contributed by atoms with Crippen LogP contribution in [-0.4, -0.2) is 50.7 Å². The molecule has 5 heterocycles. The smallest absolute Gasteiger partial charge is 0.254 e. The van der Waals surface area contributed by atoms with Crippen LogP contribution in [0, 0.1) is 18.8 Å². The summed E-state index contributed by atoms with van der Waals surface area (Å²) in [4.78, 5) is 18.1. The lowest BCUT2D eigenvalue weighted by atomic mass is 10.0. The van der Waals surface area contributed by atoms with Crippen LogP contribution in [0.3, 0.4) is 0 Å². The number of pyridine rings is 1. The minimum absolute atomic E-state index is 0.650. The molecule has 3 aromatic rings. The summed E-state index contributed by atoms with van der Waals surface area (Å²) in [5.74, 6) is 4.15. The molecule has 2 unspecified atom stereocenters. The topological polar surface area (TPSA) is 62.5 Å². The van der Waals surface area contributed by atoms with Gasteiger partial charge in [0.2, 0.25) is 0 Å². The van der Waals surface area contributed by atoms with E-state index >= 15 is 0 Å². The summed E-state index contributed by atoms with van der Waals surface area (Å²) < 4.78 is 2.87. The summed E-state index contributed by atoms with van der Waals surface area (Å²) in [6.07, 6.45) is 3.44. The highest BCUT2D eigenvalue weighted by molar-refractivity contribution is 9.10. The van der Waals surface area contributed by atoms with E-state index in [1.165, 1.54) is 0 Å². The van der Waals surface area contributed by atoms with Gasteiger partial charge in [0, 0.05) is 60.4 Å². The predicted molar refractivity (Wildman–Crippen MR) is 98.9 cm³/mol. The average molecular weight is 400 g/mol. The van der Waals surface area contributed by atoms with Crippen molar-refractivity contribution < 1.29 is 0 Å². The lowest BCUT2D eigenvalue weighted by Gasteiger charge is -2.24. The molecule has 0 N–H and O–H groups in total. The van der Waals surface area contributed by atoms with E-state index in [9.17, 15) is 0 Å². The van der Waals surface area contributed by atoms with Crippen molar-refractivity contribution in [2.45, 2.75) is 6.92 Å². The predicted octanol–water partition coefficient (Wildman–Crippen LogP) is 2.16. The maximum Gasteiger partial charge on any atom is 0.254 e. The Balaban J connectivity index is 1.37. The first-order chi connectivity index (χ1) is 12.2. The van der Waals surface area contributed by atoms with Crippen molar-refractivity contribution in [2.75, 3.05) is 36.0 Å². The number of nitrogens with zero attached hydrogens (tertiary/aromatic N) is 7. The maximum atomic E-state index is 4.55. The third kappa shape index (κ3) is 2.55. The number of rotatable bonds is 2. The van der Waals surface area contributed by atoms with Gasteiger partial charge in [0.05, 0.1) is 0 Å². The number of aromatic nitrogens is 5. The van der Waals surface area contributed by atoms with E-state index in [0.29, 0.717) is 17.6 Å². The van der Waals surface area contributed by atoms with Gasteiger partial charge in [-0.3, -0.25) is 0 Å². The normalized spacial score (nSPS) is 22.8. The number of anilines is 2. The van der Waals surface area contributed by atoms with Gasteiger partial charge >= 0.3 is 0 Å². The maximum absolute atomic E-state index is 4.55. The van der Waals surface area contributed by atoms with Crippen LogP contribution in [-0.2, 0) is 0 Å². The Morgan fingerprint density at radius 1 is 1.04 bits per heavy atom. The van der Waals surface area contributed by atoms with E-state index in [0.717, 1.165) is 48.0 Å². The van der Waals surface area contributed by atoms with Crippen LogP contribution in [0.4, 0.5) is 11.6 Å². The Hall–Kier alpha value is -2.22. The van der Waals surface area contributed by atoms with Crippen molar-refractivity contribution in [1.82, 2.24) is 24.6 Å². The third-order valence-electron chi connectivity index (χ3n) is 5.21. The molecule has 0 bridgehead atoms. The number of halogens is 1. The molecule has 0 aromatic carbocycles. The van der Waals surface area contributed by atoms with Crippen LogP contribution in [0.1, 0.15) is 5.69 Å². The summed E-state index contributed by atoms with van der Waals surface area (Å²) in [7, 11) is 0. The molecular weight excluding hydrogens is 382 g/mol. The van der Waals surface area contributed by atoms with Crippen molar-refractivity contribution >= 4 is 33.3 Å². The van der Waals surface area contributed by atoms with Crippen molar-refractivity contribution in [2.24, 2.45) is 11.8 Å². The first-order valence-corrected chi connectivity index (χ1v) is 9.25. The monoisotopic (exact) mass is 399 g/mol. The van der Waals surface area contributed by atoms with Gasteiger partial charge in [-0.15, -0.1) is 0 Å². The van der Waals surface area contributed by atoms with Crippen LogP contribution >= 0.6 is 15.9 Å². The van der Waals surface area contributed by atoms with Crippen molar-refractivity contribution in [3.05, 3.63) is 40.9 Å². The number of fused-ring (bicyclic) bond motifs is 2. The number of aryl methyl sites for hydroxylation is 1. The van der Waals surface area contributed by atoms with E-state index in [-0.39, 0.29) is 0 Å². The fourth-order valence-corrected chi connectivity index (χ4v) is 4.29. The standard InChI is InChI=1S/C17H18BrN7/c1-11-4-16(25-17(22-11)20-10-21-25)24-8-12-6-23(7-13(12)9-24)15-3-2-14(18)5-19-15/h2-5,10,12-13H,6-9H2,1H3. The molecule has 8 heteroatoms. The zero-order chi connectivity index (χ0) is 17.0. The Morgan fingerprint density at radius 3 is 2.52 bits per heavy atom. The van der Waals surface area contributed by atoms with Crippen LogP contribution < -0.4 is 9.80 Å². The molecule has 2 atom stereocenters. The van der Waals surface area contributed by atoms with E-state index in [4.69, 9.17) is 0 Å². The summed E-state index contributed by atoms with van der Waals surface area (Å²) in [6.45, 7) is 6.20. The second kappa shape index (κ2) is 5.66. The Labute approximate surface area is 153 Å². The van der Waals surface area contributed by atoms with Crippen LogP contribution in [0.25, 0.3) is 5.78 Å². The fourth-order valence-electron chi connectivity index (χ4n) is 4.06. The Morgan fingerprint density at radius 2 is 1.80 bits per heavy atom. The molecule has 0 aliphatic carbocycles. The molecular formula is C17H18BrN7. The molecule has 3 aromatic heterocycles. The Kier molecular flexibility index (Phi) is 3.41. The molecule has 2 saturated heterocycles. The molecule has 128 valence electrons. The molecule has 2 fully saturated rings. The van der Waals surface area contributed by atoms with Gasteiger partial charge in [-0.2, -0.15) is 14.6 Å². The molecule has 0 amide bonds. The van der Waals surface area contributed by atoms with Crippen molar-refractivity contribution in [3.8, 4) is 0 Å². The molecule has 5 rings (SSSR count). The van der Waals surface area contributed by atoms with Gasteiger partial charge in [0.15, 0.2) is 0 Å². The van der Waals surface area contributed by atoms with Gasteiger partial charge in [-0.05, 0) is 35.0 Å².